The van der Waals surface area contributed by atoms with Crippen molar-refractivity contribution in [2.45, 2.75) is 26.2 Å². The predicted molar refractivity (Wildman–Crippen MR) is 132 cm³/mol. The lowest BCUT2D eigenvalue weighted by molar-refractivity contribution is -0.117. The zero-order valence-electron chi connectivity index (χ0n) is 19.5. The summed E-state index contributed by atoms with van der Waals surface area (Å²) in [4.78, 5) is 31.9. The SMILES string of the molecule is Cc1ccc(-c2nc3cc(C(=O)N4CCC(CC(=O)Nc5cccc(F)c5)CC4)ccc3o2)cc1. The molecule has 2 heterocycles. The zero-order valence-corrected chi connectivity index (χ0v) is 19.5. The first-order valence-electron chi connectivity index (χ1n) is 11.8. The first-order chi connectivity index (χ1) is 16.9. The van der Waals surface area contributed by atoms with Crippen LogP contribution in [0.1, 0.15) is 35.2 Å². The number of carbonyl (C=O) groups excluding carboxylic acids is 2. The molecular formula is C28H26FN3O3. The lowest BCUT2D eigenvalue weighted by atomic mass is 9.92. The van der Waals surface area contributed by atoms with Gasteiger partial charge in [-0.05, 0) is 74.2 Å². The molecule has 35 heavy (non-hydrogen) atoms. The molecule has 178 valence electrons. The zero-order chi connectivity index (χ0) is 24.4. The Labute approximate surface area is 202 Å². The molecule has 2 amide bonds. The largest absolute Gasteiger partial charge is 0.436 e. The number of benzene rings is 3. The molecule has 0 saturated carbocycles. The van der Waals surface area contributed by atoms with Crippen LogP contribution in [0.3, 0.4) is 0 Å². The van der Waals surface area contributed by atoms with E-state index in [1.807, 2.05) is 36.1 Å². The summed E-state index contributed by atoms with van der Waals surface area (Å²) >= 11 is 0. The molecule has 1 saturated heterocycles. The summed E-state index contributed by atoms with van der Waals surface area (Å²) in [5.74, 6) is 0.144. The second-order valence-corrected chi connectivity index (χ2v) is 9.07. The van der Waals surface area contributed by atoms with Crippen LogP contribution in [0.15, 0.2) is 71.1 Å². The fraction of sp³-hybridized carbons (Fsp3) is 0.250. The van der Waals surface area contributed by atoms with E-state index >= 15 is 0 Å². The molecule has 6 nitrogen and oxygen atoms in total. The molecule has 1 aliphatic heterocycles. The number of oxazole rings is 1. The first-order valence-corrected chi connectivity index (χ1v) is 11.8. The van der Waals surface area contributed by atoms with E-state index in [4.69, 9.17) is 4.42 Å². The molecule has 0 unspecified atom stereocenters. The van der Waals surface area contributed by atoms with Crippen LogP contribution in [0, 0.1) is 18.7 Å². The van der Waals surface area contributed by atoms with Gasteiger partial charge in [-0.2, -0.15) is 0 Å². The second kappa shape index (κ2) is 9.70. The van der Waals surface area contributed by atoms with Crippen molar-refractivity contribution in [1.82, 2.24) is 9.88 Å². The molecule has 4 aromatic rings. The van der Waals surface area contributed by atoms with E-state index < -0.39 is 0 Å². The number of hydrogen-bond donors (Lipinski definition) is 1. The van der Waals surface area contributed by atoms with Gasteiger partial charge in [0.15, 0.2) is 5.58 Å². The van der Waals surface area contributed by atoms with Gasteiger partial charge in [-0.25, -0.2) is 9.37 Å². The number of aromatic nitrogens is 1. The van der Waals surface area contributed by atoms with E-state index in [0.29, 0.717) is 47.8 Å². The van der Waals surface area contributed by atoms with Crippen LogP contribution in [0.5, 0.6) is 0 Å². The van der Waals surface area contributed by atoms with Crippen LogP contribution in [-0.4, -0.2) is 34.8 Å². The minimum Gasteiger partial charge on any atom is -0.436 e. The predicted octanol–water partition coefficient (Wildman–Crippen LogP) is 5.82. The summed E-state index contributed by atoms with van der Waals surface area (Å²) in [6.07, 6.45) is 1.84. The summed E-state index contributed by atoms with van der Waals surface area (Å²) in [6, 6.07) is 19.2. The molecule has 7 heteroatoms. The van der Waals surface area contributed by atoms with Crippen molar-refractivity contribution in [2.75, 3.05) is 18.4 Å². The van der Waals surface area contributed by atoms with Crippen molar-refractivity contribution in [3.05, 3.63) is 83.7 Å². The van der Waals surface area contributed by atoms with Gasteiger partial charge in [0, 0.05) is 36.3 Å². The van der Waals surface area contributed by atoms with Crippen molar-refractivity contribution in [3.8, 4) is 11.5 Å². The van der Waals surface area contributed by atoms with Crippen molar-refractivity contribution < 1.29 is 18.4 Å². The molecule has 1 N–H and O–H groups in total. The fourth-order valence-electron chi connectivity index (χ4n) is 4.44. The number of aryl methyl sites for hydroxylation is 1. The number of carbonyl (C=O) groups is 2. The van der Waals surface area contributed by atoms with Crippen molar-refractivity contribution in [2.24, 2.45) is 5.92 Å². The Morgan fingerprint density at radius 1 is 1.06 bits per heavy atom. The number of fused-ring (bicyclic) bond motifs is 1. The third kappa shape index (κ3) is 5.24. The van der Waals surface area contributed by atoms with Crippen LogP contribution in [0.2, 0.25) is 0 Å². The lowest BCUT2D eigenvalue weighted by Gasteiger charge is -2.31. The normalized spacial score (nSPS) is 14.3. The summed E-state index contributed by atoms with van der Waals surface area (Å²) in [5.41, 5.74) is 4.37. The first kappa shape index (κ1) is 22.8. The number of piperidine rings is 1. The van der Waals surface area contributed by atoms with Crippen LogP contribution in [0.25, 0.3) is 22.6 Å². The fourth-order valence-corrected chi connectivity index (χ4v) is 4.44. The van der Waals surface area contributed by atoms with E-state index in [-0.39, 0.29) is 23.5 Å². The van der Waals surface area contributed by atoms with Gasteiger partial charge >= 0.3 is 0 Å². The van der Waals surface area contributed by atoms with E-state index in [0.717, 1.165) is 24.0 Å². The van der Waals surface area contributed by atoms with Crippen LogP contribution >= 0.6 is 0 Å². The number of anilines is 1. The Hall–Kier alpha value is -4.00. The van der Waals surface area contributed by atoms with Gasteiger partial charge in [-0.1, -0.05) is 23.8 Å². The van der Waals surface area contributed by atoms with Crippen LogP contribution < -0.4 is 5.32 Å². The molecule has 0 aliphatic carbocycles. The number of halogens is 1. The Bertz CT molecular complexity index is 1370. The molecule has 0 bridgehead atoms. The minimum atomic E-state index is -0.384. The Kier molecular flexibility index (Phi) is 6.31. The molecule has 1 aliphatic rings. The van der Waals surface area contributed by atoms with Gasteiger partial charge in [0.2, 0.25) is 11.8 Å². The maximum absolute atomic E-state index is 13.3. The highest BCUT2D eigenvalue weighted by Crippen LogP contribution is 2.27. The number of nitrogens with one attached hydrogen (secondary N) is 1. The van der Waals surface area contributed by atoms with Crippen molar-refractivity contribution >= 4 is 28.6 Å². The van der Waals surface area contributed by atoms with Gasteiger partial charge in [0.25, 0.3) is 5.91 Å². The van der Waals surface area contributed by atoms with E-state index in [9.17, 15) is 14.0 Å². The average molecular weight is 472 g/mol. The molecule has 5 rings (SSSR count). The van der Waals surface area contributed by atoms with Gasteiger partial charge < -0.3 is 14.6 Å². The van der Waals surface area contributed by atoms with E-state index in [1.165, 1.54) is 12.1 Å². The van der Waals surface area contributed by atoms with Crippen molar-refractivity contribution in [3.63, 3.8) is 0 Å². The lowest BCUT2D eigenvalue weighted by Crippen LogP contribution is -2.39. The van der Waals surface area contributed by atoms with E-state index in [1.54, 1.807) is 30.3 Å². The highest BCUT2D eigenvalue weighted by molar-refractivity contribution is 5.97. The third-order valence-electron chi connectivity index (χ3n) is 6.42. The molecular weight excluding hydrogens is 445 g/mol. The molecule has 0 radical (unpaired) electrons. The van der Waals surface area contributed by atoms with Crippen molar-refractivity contribution in [1.29, 1.82) is 0 Å². The second-order valence-electron chi connectivity index (χ2n) is 9.07. The summed E-state index contributed by atoms with van der Waals surface area (Å²) in [6.45, 7) is 3.20. The number of rotatable bonds is 5. The van der Waals surface area contributed by atoms with Gasteiger partial charge in [-0.15, -0.1) is 0 Å². The van der Waals surface area contributed by atoms with Gasteiger partial charge in [0.1, 0.15) is 11.3 Å². The van der Waals surface area contributed by atoms with Gasteiger partial charge in [-0.3, -0.25) is 9.59 Å². The van der Waals surface area contributed by atoms with Gasteiger partial charge in [0.05, 0.1) is 0 Å². The maximum Gasteiger partial charge on any atom is 0.253 e. The number of likely N-dealkylation sites (tertiary alicyclic amines) is 1. The highest BCUT2D eigenvalue weighted by atomic mass is 19.1. The average Bonchev–Trinajstić information content (AvgIpc) is 3.28. The van der Waals surface area contributed by atoms with E-state index in [2.05, 4.69) is 10.3 Å². The number of hydrogen-bond acceptors (Lipinski definition) is 4. The molecule has 1 fully saturated rings. The molecule has 0 spiro atoms. The molecule has 0 atom stereocenters. The Balaban J connectivity index is 1.19. The Morgan fingerprint density at radius 2 is 1.83 bits per heavy atom. The maximum atomic E-state index is 13.3. The Morgan fingerprint density at radius 3 is 2.57 bits per heavy atom. The molecule has 1 aromatic heterocycles. The van der Waals surface area contributed by atoms with Crippen LogP contribution in [0.4, 0.5) is 10.1 Å². The smallest absolute Gasteiger partial charge is 0.253 e. The quantitative estimate of drug-likeness (QED) is 0.398. The third-order valence-corrected chi connectivity index (χ3v) is 6.42. The van der Waals surface area contributed by atoms with Crippen LogP contribution in [-0.2, 0) is 4.79 Å². The highest BCUT2D eigenvalue weighted by Gasteiger charge is 2.25. The minimum absolute atomic E-state index is 0.0468. The summed E-state index contributed by atoms with van der Waals surface area (Å²) in [5, 5.41) is 2.75. The standard InChI is InChI=1S/C28H26FN3O3/c1-18-5-7-20(8-6-18)27-31-24-16-21(9-10-25(24)35-27)28(34)32-13-11-19(12-14-32)15-26(33)30-23-4-2-3-22(29)17-23/h2-10,16-17,19H,11-15H2,1H3,(H,30,33). The monoisotopic (exact) mass is 471 g/mol. The summed E-state index contributed by atoms with van der Waals surface area (Å²) in [7, 11) is 0. The number of amides is 2. The summed E-state index contributed by atoms with van der Waals surface area (Å²) < 4.78 is 19.2. The number of nitrogens with zero attached hydrogens (tertiary/aromatic N) is 2. The topological polar surface area (TPSA) is 75.4 Å². The molecule has 3 aromatic carbocycles.